The second-order valence-electron chi connectivity index (χ2n) is 7.22. The van der Waals surface area contributed by atoms with Crippen LogP contribution in [0.4, 0.5) is 0 Å². The van der Waals surface area contributed by atoms with Gasteiger partial charge < -0.3 is 23.8 Å². The number of hydrogen-bond donors (Lipinski definition) is 0. The fourth-order valence-corrected chi connectivity index (χ4v) is 3.50. The molecule has 0 aromatic rings. The van der Waals surface area contributed by atoms with Crippen LogP contribution in [-0.2, 0) is 38.1 Å². The van der Waals surface area contributed by atoms with Gasteiger partial charge in [0, 0.05) is 13.0 Å². The summed E-state index contributed by atoms with van der Waals surface area (Å²) in [6.07, 6.45) is 2.77. The molecule has 2 aliphatic rings. The number of amides is 1. The van der Waals surface area contributed by atoms with Crippen molar-refractivity contribution in [1.29, 1.82) is 0 Å². The molecule has 1 aliphatic carbocycles. The molecular weight excluding hydrogens is 382 g/mol. The van der Waals surface area contributed by atoms with E-state index >= 15 is 0 Å². The Bertz CT molecular complexity index is 739. The summed E-state index contributed by atoms with van der Waals surface area (Å²) in [6.45, 7) is 3.77. The van der Waals surface area contributed by atoms with E-state index in [1.54, 1.807) is 12.2 Å². The van der Waals surface area contributed by atoms with Crippen molar-refractivity contribution < 1.29 is 38.1 Å². The van der Waals surface area contributed by atoms with E-state index in [4.69, 9.17) is 18.9 Å². The molecule has 1 saturated heterocycles. The number of allylic oxidation sites excluding steroid dienone is 1. The van der Waals surface area contributed by atoms with E-state index in [1.807, 2.05) is 13.8 Å². The third-order valence-electron chi connectivity index (χ3n) is 4.86. The monoisotopic (exact) mass is 409 g/mol. The Morgan fingerprint density at radius 3 is 2.34 bits per heavy atom. The zero-order valence-electron chi connectivity index (χ0n) is 17.3. The first-order chi connectivity index (χ1) is 13.8. The number of likely N-dealkylation sites (tertiary alicyclic amines) is 1. The van der Waals surface area contributed by atoms with Crippen LogP contribution in [0.1, 0.15) is 20.3 Å². The number of carbonyl (C=O) groups excluding carboxylic acids is 4. The number of esters is 3. The van der Waals surface area contributed by atoms with Crippen molar-refractivity contribution >= 4 is 23.8 Å². The molecule has 0 aromatic carbocycles. The van der Waals surface area contributed by atoms with Crippen molar-refractivity contribution in [2.75, 3.05) is 34.5 Å². The molecule has 9 heteroatoms. The van der Waals surface area contributed by atoms with E-state index in [0.29, 0.717) is 0 Å². The molecular formula is C20H27NO8. The number of nitrogens with zero attached hydrogens (tertiary/aromatic N) is 1. The van der Waals surface area contributed by atoms with Gasteiger partial charge in [-0.3, -0.25) is 9.59 Å². The lowest BCUT2D eigenvalue weighted by molar-refractivity contribution is -0.179. The average Bonchev–Trinajstić information content (AvgIpc) is 2.72. The summed E-state index contributed by atoms with van der Waals surface area (Å²) in [7, 11) is 3.80. The van der Waals surface area contributed by atoms with Crippen molar-refractivity contribution in [2.24, 2.45) is 11.8 Å². The van der Waals surface area contributed by atoms with E-state index in [0.717, 1.165) is 0 Å². The Morgan fingerprint density at radius 2 is 1.79 bits per heavy atom. The first-order valence-electron chi connectivity index (χ1n) is 9.32. The van der Waals surface area contributed by atoms with Crippen LogP contribution in [0, 0.1) is 11.8 Å². The van der Waals surface area contributed by atoms with Crippen LogP contribution in [-0.4, -0.2) is 75.3 Å². The van der Waals surface area contributed by atoms with Gasteiger partial charge in [0.15, 0.2) is 6.10 Å². The molecule has 1 heterocycles. The molecule has 0 spiro atoms. The van der Waals surface area contributed by atoms with Gasteiger partial charge in [-0.05, 0) is 12.3 Å². The van der Waals surface area contributed by atoms with Crippen molar-refractivity contribution in [2.45, 2.75) is 32.4 Å². The van der Waals surface area contributed by atoms with Gasteiger partial charge >= 0.3 is 17.9 Å². The predicted octanol–water partition coefficient (Wildman–Crippen LogP) is 0.630. The lowest BCUT2D eigenvalue weighted by atomic mass is 9.76. The molecule has 0 unspecified atom stereocenters. The Morgan fingerprint density at radius 1 is 1.14 bits per heavy atom. The first-order valence-corrected chi connectivity index (χ1v) is 9.32. The number of carbonyl (C=O) groups is 4. The summed E-state index contributed by atoms with van der Waals surface area (Å²) < 4.78 is 20.1. The zero-order chi connectivity index (χ0) is 21.7. The minimum absolute atomic E-state index is 0.0990. The molecule has 0 radical (unpaired) electrons. The Labute approximate surface area is 169 Å². The van der Waals surface area contributed by atoms with Gasteiger partial charge in [-0.1, -0.05) is 26.0 Å². The van der Waals surface area contributed by atoms with Crippen molar-refractivity contribution in [3.05, 3.63) is 23.3 Å². The van der Waals surface area contributed by atoms with Crippen LogP contribution >= 0.6 is 0 Å². The minimum Gasteiger partial charge on any atom is -0.466 e. The quantitative estimate of drug-likeness (QED) is 0.249. The number of hydrogen-bond acceptors (Lipinski definition) is 8. The maximum absolute atomic E-state index is 12.5. The van der Waals surface area contributed by atoms with Gasteiger partial charge in [-0.25, -0.2) is 9.59 Å². The summed E-state index contributed by atoms with van der Waals surface area (Å²) in [6, 6.07) is -0.663. The molecule has 2 rings (SSSR count). The zero-order valence-corrected chi connectivity index (χ0v) is 17.3. The van der Waals surface area contributed by atoms with Crippen LogP contribution in [0.5, 0.6) is 0 Å². The topological polar surface area (TPSA) is 108 Å². The summed E-state index contributed by atoms with van der Waals surface area (Å²) in [5.74, 6) is -2.82. The third kappa shape index (κ3) is 4.67. The fourth-order valence-electron chi connectivity index (χ4n) is 3.50. The van der Waals surface area contributed by atoms with Crippen LogP contribution < -0.4 is 0 Å². The average molecular weight is 409 g/mol. The lowest BCUT2D eigenvalue weighted by Crippen LogP contribution is -2.69. The van der Waals surface area contributed by atoms with Gasteiger partial charge in [0.25, 0.3) is 5.91 Å². The normalized spacial score (nSPS) is 23.7. The van der Waals surface area contributed by atoms with Crippen LogP contribution in [0.2, 0.25) is 0 Å². The second-order valence-corrected chi connectivity index (χ2v) is 7.22. The maximum atomic E-state index is 12.5. The fraction of sp³-hybridized carbons (Fsp3) is 0.600. The summed E-state index contributed by atoms with van der Waals surface area (Å²) >= 11 is 0. The van der Waals surface area contributed by atoms with E-state index < -0.39 is 36.0 Å². The lowest BCUT2D eigenvalue weighted by Gasteiger charge is -2.49. The standard InChI is InChI=1S/C20H27NO8/c1-11(2)10-29-14(22)9-21-16(17(26-3)18(21)23)12-7-6-8-13(19(24)27-4)15(12)20(25)28-5/h6-7,11-12,16-17H,8-10H2,1-5H3/t12-,16-,17+/m0/s1. The van der Waals surface area contributed by atoms with Crippen molar-refractivity contribution in [3.8, 4) is 0 Å². The minimum atomic E-state index is -0.862. The Kier molecular flexibility index (Phi) is 7.55. The highest BCUT2D eigenvalue weighted by atomic mass is 16.5. The van der Waals surface area contributed by atoms with Crippen LogP contribution in [0.15, 0.2) is 23.3 Å². The molecule has 160 valence electrons. The maximum Gasteiger partial charge on any atom is 0.334 e. The highest BCUT2D eigenvalue weighted by Crippen LogP contribution is 2.38. The number of rotatable bonds is 8. The second kappa shape index (κ2) is 9.69. The largest absolute Gasteiger partial charge is 0.466 e. The molecule has 0 saturated carbocycles. The number of ether oxygens (including phenoxy) is 4. The number of methoxy groups -OCH3 is 3. The van der Waals surface area contributed by atoms with Crippen molar-refractivity contribution in [1.82, 2.24) is 4.90 Å². The van der Waals surface area contributed by atoms with Gasteiger partial charge in [-0.2, -0.15) is 0 Å². The van der Waals surface area contributed by atoms with E-state index in [-0.39, 0.29) is 42.5 Å². The third-order valence-corrected chi connectivity index (χ3v) is 4.86. The van der Waals surface area contributed by atoms with Crippen molar-refractivity contribution in [3.63, 3.8) is 0 Å². The Hall–Kier alpha value is -2.68. The molecule has 9 nitrogen and oxygen atoms in total. The highest BCUT2D eigenvalue weighted by molar-refractivity contribution is 6.02. The molecule has 0 bridgehead atoms. The van der Waals surface area contributed by atoms with Crippen LogP contribution in [0.25, 0.3) is 0 Å². The Balaban J connectivity index is 2.34. The molecule has 0 N–H and O–H groups in total. The summed E-state index contributed by atoms with van der Waals surface area (Å²) in [4.78, 5) is 50.6. The first kappa shape index (κ1) is 22.6. The summed E-state index contributed by atoms with van der Waals surface area (Å²) in [5.41, 5.74) is 0.255. The summed E-state index contributed by atoms with van der Waals surface area (Å²) in [5, 5.41) is 0. The molecule has 29 heavy (non-hydrogen) atoms. The number of β-lactam (4-membered cyclic amide) rings is 1. The highest BCUT2D eigenvalue weighted by Gasteiger charge is 2.54. The molecule has 1 aliphatic heterocycles. The predicted molar refractivity (Wildman–Crippen MR) is 100 cm³/mol. The molecule has 1 fully saturated rings. The van der Waals surface area contributed by atoms with E-state index in [1.165, 1.54) is 26.2 Å². The smallest absolute Gasteiger partial charge is 0.334 e. The van der Waals surface area contributed by atoms with Gasteiger partial charge in [-0.15, -0.1) is 0 Å². The molecule has 1 amide bonds. The van der Waals surface area contributed by atoms with E-state index in [9.17, 15) is 19.2 Å². The molecule has 3 atom stereocenters. The van der Waals surface area contributed by atoms with Gasteiger partial charge in [0.1, 0.15) is 6.54 Å². The van der Waals surface area contributed by atoms with Crippen LogP contribution in [0.3, 0.4) is 0 Å². The van der Waals surface area contributed by atoms with Gasteiger partial charge in [0.2, 0.25) is 0 Å². The van der Waals surface area contributed by atoms with E-state index in [2.05, 4.69) is 0 Å². The van der Waals surface area contributed by atoms with Gasteiger partial charge in [0.05, 0.1) is 38.0 Å². The molecule has 0 aromatic heterocycles. The SMILES string of the molecule is COC(=O)C1=C(C(=O)OC)[C@@H]([C@H]2[C@@H](OC)C(=O)N2CC(=O)OCC(C)C)C=CC1.